The van der Waals surface area contributed by atoms with Crippen LogP contribution >= 0.6 is 0 Å². The number of benzene rings is 2. The molecule has 0 aliphatic carbocycles. The van der Waals surface area contributed by atoms with Crippen LogP contribution in [-0.4, -0.2) is 15.3 Å². The van der Waals surface area contributed by atoms with Crippen molar-refractivity contribution in [3.05, 3.63) is 65.5 Å². The van der Waals surface area contributed by atoms with Gasteiger partial charge in [0.25, 0.3) is 5.89 Å². The molecule has 0 amide bonds. The number of rotatable bonds is 5. The van der Waals surface area contributed by atoms with Crippen LogP contribution in [0.2, 0.25) is 0 Å². The molecular weight excluding hydrogens is 280 g/mol. The van der Waals surface area contributed by atoms with E-state index in [-0.39, 0.29) is 13.2 Å². The first-order valence-corrected chi connectivity index (χ1v) is 6.97. The Morgan fingerprint density at radius 2 is 1.82 bits per heavy atom. The number of hydrogen-bond donors (Lipinski definition) is 1. The van der Waals surface area contributed by atoms with E-state index in [0.717, 1.165) is 11.1 Å². The van der Waals surface area contributed by atoms with Gasteiger partial charge in [-0.05, 0) is 25.1 Å². The maximum absolute atomic E-state index is 9.26. The van der Waals surface area contributed by atoms with Crippen LogP contribution in [0.25, 0.3) is 11.5 Å². The number of ether oxygens (including phenoxy) is 1. The Morgan fingerprint density at radius 3 is 2.59 bits per heavy atom. The fourth-order valence-corrected chi connectivity index (χ4v) is 2.04. The summed E-state index contributed by atoms with van der Waals surface area (Å²) in [6.07, 6.45) is 0. The monoisotopic (exact) mass is 296 g/mol. The molecule has 1 aromatic heterocycles. The van der Waals surface area contributed by atoms with Gasteiger partial charge in [0.05, 0.1) is 6.61 Å². The number of hydrogen-bond acceptors (Lipinski definition) is 5. The molecule has 0 saturated carbocycles. The molecule has 22 heavy (non-hydrogen) atoms. The van der Waals surface area contributed by atoms with E-state index in [0.29, 0.717) is 17.5 Å². The van der Waals surface area contributed by atoms with Crippen LogP contribution in [0.1, 0.15) is 17.0 Å². The molecule has 0 fully saturated rings. The molecule has 2 aromatic carbocycles. The van der Waals surface area contributed by atoms with Crippen LogP contribution in [0.4, 0.5) is 0 Å². The van der Waals surface area contributed by atoms with E-state index in [4.69, 9.17) is 9.15 Å². The van der Waals surface area contributed by atoms with Gasteiger partial charge in [-0.15, -0.1) is 10.2 Å². The molecule has 0 aliphatic heterocycles. The second kappa shape index (κ2) is 6.41. The van der Waals surface area contributed by atoms with Gasteiger partial charge in [0, 0.05) is 11.1 Å². The van der Waals surface area contributed by atoms with E-state index in [9.17, 15) is 5.11 Å². The minimum absolute atomic E-state index is 0.0748. The Morgan fingerprint density at radius 1 is 1.05 bits per heavy atom. The van der Waals surface area contributed by atoms with Gasteiger partial charge in [-0.25, -0.2) is 0 Å². The molecule has 5 heteroatoms. The summed E-state index contributed by atoms with van der Waals surface area (Å²) < 4.78 is 11.2. The summed E-state index contributed by atoms with van der Waals surface area (Å²) in [5.41, 5.74) is 2.77. The highest BCUT2D eigenvalue weighted by Gasteiger charge is 2.10. The van der Waals surface area contributed by atoms with E-state index in [1.54, 1.807) is 12.1 Å². The third kappa shape index (κ3) is 3.15. The second-order valence-electron chi connectivity index (χ2n) is 4.92. The highest BCUT2D eigenvalue weighted by molar-refractivity contribution is 5.52. The van der Waals surface area contributed by atoms with Crippen LogP contribution in [0.15, 0.2) is 52.9 Å². The Labute approximate surface area is 128 Å². The Hall–Kier alpha value is -2.66. The zero-order valence-corrected chi connectivity index (χ0v) is 12.2. The summed E-state index contributed by atoms with van der Waals surface area (Å²) in [5, 5.41) is 17.3. The molecule has 5 nitrogen and oxygen atoms in total. The van der Waals surface area contributed by atoms with Crippen LogP contribution in [0.5, 0.6) is 5.75 Å². The lowest BCUT2D eigenvalue weighted by atomic mass is 10.1. The van der Waals surface area contributed by atoms with Gasteiger partial charge in [0.1, 0.15) is 5.75 Å². The molecule has 3 aromatic rings. The second-order valence-corrected chi connectivity index (χ2v) is 4.92. The quantitative estimate of drug-likeness (QED) is 0.783. The van der Waals surface area contributed by atoms with Gasteiger partial charge in [-0.1, -0.05) is 35.9 Å². The van der Waals surface area contributed by atoms with E-state index in [1.807, 2.05) is 43.3 Å². The largest absolute Gasteiger partial charge is 0.483 e. The van der Waals surface area contributed by atoms with Crippen molar-refractivity contribution >= 4 is 0 Å². The first-order chi connectivity index (χ1) is 10.8. The molecule has 1 N–H and O–H groups in total. The lowest BCUT2D eigenvalue weighted by Gasteiger charge is -2.07. The minimum Gasteiger partial charge on any atom is -0.483 e. The number of aliphatic hydroxyl groups excluding tert-OH is 1. The minimum atomic E-state index is -0.0748. The summed E-state index contributed by atoms with van der Waals surface area (Å²) in [4.78, 5) is 0. The normalized spacial score (nSPS) is 10.6. The molecule has 0 atom stereocenters. The van der Waals surface area contributed by atoms with Crippen molar-refractivity contribution in [3.63, 3.8) is 0 Å². The number of aryl methyl sites for hydroxylation is 1. The first kappa shape index (κ1) is 14.3. The standard InChI is InChI=1S/C17H16N2O3/c1-12-6-8-13(9-7-12)17-19-18-16(22-17)11-21-15-5-3-2-4-14(15)10-20/h2-9,20H,10-11H2,1H3. The molecular formula is C17H16N2O3. The Kier molecular flexibility index (Phi) is 4.16. The predicted octanol–water partition coefficient (Wildman–Crippen LogP) is 3.12. The van der Waals surface area contributed by atoms with Gasteiger partial charge in [-0.3, -0.25) is 0 Å². The molecule has 0 bridgehead atoms. The van der Waals surface area contributed by atoms with Crippen molar-refractivity contribution in [2.45, 2.75) is 20.1 Å². The summed E-state index contributed by atoms with van der Waals surface area (Å²) in [6, 6.07) is 15.2. The van der Waals surface area contributed by atoms with Crippen LogP contribution in [0, 0.1) is 6.92 Å². The zero-order valence-electron chi connectivity index (χ0n) is 12.2. The smallest absolute Gasteiger partial charge is 0.254 e. The van der Waals surface area contributed by atoms with Crippen molar-refractivity contribution < 1.29 is 14.3 Å². The van der Waals surface area contributed by atoms with E-state index >= 15 is 0 Å². The average Bonchev–Trinajstić information content (AvgIpc) is 3.03. The summed E-state index contributed by atoms with van der Waals surface area (Å²) >= 11 is 0. The molecule has 1 heterocycles. The molecule has 0 saturated heterocycles. The van der Waals surface area contributed by atoms with Gasteiger partial charge < -0.3 is 14.3 Å². The number of aliphatic hydroxyl groups is 1. The Bertz CT molecular complexity index is 751. The topological polar surface area (TPSA) is 68.4 Å². The molecule has 0 radical (unpaired) electrons. The fraction of sp³-hybridized carbons (Fsp3) is 0.176. The van der Waals surface area contributed by atoms with Crippen molar-refractivity contribution in [1.29, 1.82) is 0 Å². The van der Waals surface area contributed by atoms with Crippen LogP contribution in [-0.2, 0) is 13.2 Å². The lowest BCUT2D eigenvalue weighted by Crippen LogP contribution is -1.98. The molecule has 3 rings (SSSR count). The van der Waals surface area contributed by atoms with Gasteiger partial charge in [-0.2, -0.15) is 0 Å². The molecule has 0 aliphatic rings. The van der Waals surface area contributed by atoms with Crippen molar-refractivity contribution in [2.24, 2.45) is 0 Å². The third-order valence-electron chi connectivity index (χ3n) is 3.26. The SMILES string of the molecule is Cc1ccc(-c2nnc(COc3ccccc3CO)o2)cc1. The highest BCUT2D eigenvalue weighted by atomic mass is 16.5. The van der Waals surface area contributed by atoms with Gasteiger partial charge in [0.15, 0.2) is 6.61 Å². The molecule has 0 unspecified atom stereocenters. The maximum Gasteiger partial charge on any atom is 0.254 e. The van der Waals surface area contributed by atoms with E-state index in [2.05, 4.69) is 10.2 Å². The van der Waals surface area contributed by atoms with Gasteiger partial charge in [0.2, 0.25) is 5.89 Å². The molecule has 0 spiro atoms. The van der Waals surface area contributed by atoms with Crippen LogP contribution < -0.4 is 4.74 Å². The predicted molar refractivity (Wildman–Crippen MR) is 81.2 cm³/mol. The summed E-state index contributed by atoms with van der Waals surface area (Å²) in [5.74, 6) is 1.47. The van der Waals surface area contributed by atoms with Crippen LogP contribution in [0.3, 0.4) is 0 Å². The van der Waals surface area contributed by atoms with Crippen molar-refractivity contribution in [3.8, 4) is 17.2 Å². The fourth-order valence-electron chi connectivity index (χ4n) is 2.04. The number of nitrogens with zero attached hydrogens (tertiary/aromatic N) is 2. The summed E-state index contributed by atoms with van der Waals surface area (Å²) in [7, 11) is 0. The highest BCUT2D eigenvalue weighted by Crippen LogP contribution is 2.21. The van der Waals surface area contributed by atoms with E-state index in [1.165, 1.54) is 5.56 Å². The summed E-state index contributed by atoms with van der Waals surface area (Å²) in [6.45, 7) is 2.11. The average molecular weight is 296 g/mol. The lowest BCUT2D eigenvalue weighted by molar-refractivity contribution is 0.242. The Balaban J connectivity index is 1.71. The third-order valence-corrected chi connectivity index (χ3v) is 3.26. The number of para-hydroxylation sites is 1. The van der Waals surface area contributed by atoms with Crippen molar-refractivity contribution in [1.82, 2.24) is 10.2 Å². The molecule has 112 valence electrons. The maximum atomic E-state index is 9.26. The zero-order chi connectivity index (χ0) is 15.4. The van der Waals surface area contributed by atoms with E-state index < -0.39 is 0 Å². The van der Waals surface area contributed by atoms with Crippen molar-refractivity contribution in [2.75, 3.05) is 0 Å². The first-order valence-electron chi connectivity index (χ1n) is 6.97. The van der Waals surface area contributed by atoms with Gasteiger partial charge >= 0.3 is 0 Å². The number of aromatic nitrogens is 2.